The van der Waals surface area contributed by atoms with E-state index in [1.54, 1.807) is 7.11 Å². The van der Waals surface area contributed by atoms with Gasteiger partial charge in [0.15, 0.2) is 0 Å². The summed E-state index contributed by atoms with van der Waals surface area (Å²) in [6.45, 7) is 0. The first kappa shape index (κ1) is 4.77. The van der Waals surface area contributed by atoms with Crippen LogP contribution in [-0.2, 0) is 9.47 Å². The Bertz CT molecular complexity index is 88.7. The summed E-state index contributed by atoms with van der Waals surface area (Å²) in [5.74, 6) is 0. The van der Waals surface area contributed by atoms with Crippen LogP contribution < -0.4 is 0 Å². The second-order valence-corrected chi connectivity index (χ2v) is 2.49. The van der Waals surface area contributed by atoms with Gasteiger partial charge in [-0.3, -0.25) is 0 Å². The fraction of sp³-hybridized carbons (Fsp3) is 1.00. The summed E-state index contributed by atoms with van der Waals surface area (Å²) in [5.41, 5.74) is 0. The molecule has 2 unspecified atom stereocenters. The molecule has 2 bridgehead atoms. The summed E-state index contributed by atoms with van der Waals surface area (Å²) in [7, 11) is 1.76. The molecule has 0 radical (unpaired) electrons. The van der Waals surface area contributed by atoms with E-state index in [9.17, 15) is 0 Å². The summed E-state index contributed by atoms with van der Waals surface area (Å²) >= 11 is 0. The number of hydrogen-bond acceptors (Lipinski definition) is 2. The maximum atomic E-state index is 5.33. The highest BCUT2D eigenvalue weighted by molar-refractivity contribution is 4.97. The third-order valence-electron chi connectivity index (χ3n) is 2.09. The van der Waals surface area contributed by atoms with Gasteiger partial charge in [0, 0.05) is 7.11 Å². The molecular weight excluding hydrogens is 104 g/mol. The molecule has 2 heterocycles. The highest BCUT2D eigenvalue weighted by Crippen LogP contribution is 2.38. The van der Waals surface area contributed by atoms with Gasteiger partial charge in [0.1, 0.15) is 6.10 Å². The second-order valence-electron chi connectivity index (χ2n) is 2.49. The van der Waals surface area contributed by atoms with Crippen LogP contribution in [0.1, 0.15) is 12.8 Å². The molecule has 0 aromatic heterocycles. The zero-order valence-corrected chi connectivity index (χ0v) is 4.96. The molecule has 2 saturated heterocycles. The summed E-state index contributed by atoms with van der Waals surface area (Å²) in [4.78, 5) is 0. The molecule has 2 nitrogen and oxygen atoms in total. The van der Waals surface area contributed by atoms with Crippen LogP contribution in [0.4, 0.5) is 0 Å². The molecule has 2 heteroatoms. The lowest BCUT2D eigenvalue weighted by molar-refractivity contribution is -0.189. The summed E-state index contributed by atoms with van der Waals surface area (Å²) in [6.07, 6.45) is 3.76. The molecule has 3 fully saturated rings. The first-order valence-electron chi connectivity index (χ1n) is 3.10. The average Bonchev–Trinajstić information content (AvgIpc) is 2.19. The Morgan fingerprint density at radius 3 is 2.25 bits per heavy atom. The quantitative estimate of drug-likeness (QED) is 0.496. The van der Waals surface area contributed by atoms with Crippen molar-refractivity contribution in [2.24, 2.45) is 0 Å². The predicted molar refractivity (Wildman–Crippen MR) is 28.7 cm³/mol. The minimum Gasteiger partial charge on any atom is -0.376 e. The van der Waals surface area contributed by atoms with Crippen LogP contribution >= 0.6 is 0 Å². The third kappa shape index (κ3) is 0.400. The smallest absolute Gasteiger partial charge is 0.109 e. The molecule has 46 valence electrons. The van der Waals surface area contributed by atoms with Crippen molar-refractivity contribution in [3.63, 3.8) is 0 Å². The highest BCUT2D eigenvalue weighted by atomic mass is 16.6. The van der Waals surface area contributed by atoms with Crippen molar-refractivity contribution in [1.82, 2.24) is 0 Å². The second kappa shape index (κ2) is 1.45. The molecule has 8 heavy (non-hydrogen) atoms. The molecular formula is C6H10O2. The molecule has 0 N–H and O–H groups in total. The van der Waals surface area contributed by atoms with E-state index in [2.05, 4.69) is 0 Å². The van der Waals surface area contributed by atoms with Crippen LogP contribution in [0.15, 0.2) is 0 Å². The van der Waals surface area contributed by atoms with Gasteiger partial charge in [0.25, 0.3) is 0 Å². The maximum Gasteiger partial charge on any atom is 0.109 e. The molecule has 3 aliphatic rings. The Morgan fingerprint density at radius 2 is 2.00 bits per heavy atom. The number of rotatable bonds is 1. The average molecular weight is 114 g/mol. The van der Waals surface area contributed by atoms with Crippen LogP contribution in [0, 0.1) is 0 Å². The number of methoxy groups -OCH3 is 1. The molecule has 1 aliphatic carbocycles. The molecule has 1 saturated carbocycles. The molecule has 0 aromatic carbocycles. The van der Waals surface area contributed by atoms with Crippen molar-refractivity contribution < 1.29 is 9.47 Å². The van der Waals surface area contributed by atoms with Gasteiger partial charge in [-0.15, -0.1) is 0 Å². The Hall–Kier alpha value is -0.0800. The zero-order chi connectivity index (χ0) is 5.56. The topological polar surface area (TPSA) is 18.5 Å². The van der Waals surface area contributed by atoms with E-state index in [0.29, 0.717) is 18.3 Å². The van der Waals surface area contributed by atoms with E-state index >= 15 is 0 Å². The van der Waals surface area contributed by atoms with Gasteiger partial charge in [0.2, 0.25) is 0 Å². The van der Waals surface area contributed by atoms with Gasteiger partial charge < -0.3 is 9.47 Å². The molecule has 0 amide bonds. The Morgan fingerprint density at radius 1 is 1.38 bits per heavy atom. The van der Waals surface area contributed by atoms with E-state index in [1.807, 2.05) is 0 Å². The maximum absolute atomic E-state index is 5.33. The minimum absolute atomic E-state index is 0.440. The number of fused-ring (bicyclic) bond motifs is 1. The number of hydrogen-bond donors (Lipinski definition) is 0. The van der Waals surface area contributed by atoms with E-state index in [4.69, 9.17) is 9.47 Å². The van der Waals surface area contributed by atoms with Crippen molar-refractivity contribution in [3.8, 4) is 0 Å². The summed E-state index contributed by atoms with van der Waals surface area (Å²) in [6, 6.07) is 0. The van der Waals surface area contributed by atoms with Crippen molar-refractivity contribution in [2.45, 2.75) is 31.2 Å². The largest absolute Gasteiger partial charge is 0.376 e. The fourth-order valence-corrected chi connectivity index (χ4v) is 1.63. The minimum atomic E-state index is 0.440. The fourth-order valence-electron chi connectivity index (χ4n) is 1.63. The lowest BCUT2D eigenvalue weighted by atomic mass is 10.1. The first-order valence-corrected chi connectivity index (χ1v) is 3.10. The van der Waals surface area contributed by atoms with E-state index in [0.717, 1.165) is 0 Å². The highest BCUT2D eigenvalue weighted by Gasteiger charge is 2.48. The Balaban J connectivity index is 2.02. The van der Waals surface area contributed by atoms with Crippen LogP contribution in [0.2, 0.25) is 0 Å². The lowest BCUT2D eigenvalue weighted by Crippen LogP contribution is -2.46. The SMILES string of the molecule is COC1C2CCC1O2. The van der Waals surface area contributed by atoms with E-state index in [-0.39, 0.29) is 0 Å². The van der Waals surface area contributed by atoms with Gasteiger partial charge in [-0.25, -0.2) is 0 Å². The Labute approximate surface area is 48.8 Å². The van der Waals surface area contributed by atoms with Crippen LogP contribution in [0.5, 0.6) is 0 Å². The normalized spacial score (nSPS) is 51.4. The van der Waals surface area contributed by atoms with E-state index < -0.39 is 0 Å². The van der Waals surface area contributed by atoms with Crippen molar-refractivity contribution in [1.29, 1.82) is 0 Å². The van der Waals surface area contributed by atoms with Gasteiger partial charge in [-0.1, -0.05) is 0 Å². The number of ether oxygens (including phenoxy) is 2. The van der Waals surface area contributed by atoms with Crippen LogP contribution in [0.25, 0.3) is 0 Å². The third-order valence-corrected chi connectivity index (χ3v) is 2.09. The van der Waals surface area contributed by atoms with Gasteiger partial charge in [0.05, 0.1) is 12.2 Å². The molecule has 3 rings (SSSR count). The predicted octanol–water partition coefficient (Wildman–Crippen LogP) is 0.563. The van der Waals surface area contributed by atoms with Gasteiger partial charge >= 0.3 is 0 Å². The van der Waals surface area contributed by atoms with Crippen molar-refractivity contribution in [2.75, 3.05) is 7.11 Å². The molecule has 2 atom stereocenters. The molecule has 2 aliphatic heterocycles. The zero-order valence-electron chi connectivity index (χ0n) is 4.96. The Kier molecular flexibility index (Phi) is 0.866. The standard InChI is InChI=1S/C6H10O2/c1-7-6-4-2-3-5(6)8-4/h4-6H,2-3H2,1H3. The molecule has 0 spiro atoms. The summed E-state index contributed by atoms with van der Waals surface area (Å²) < 4.78 is 10.5. The van der Waals surface area contributed by atoms with Crippen molar-refractivity contribution in [3.05, 3.63) is 0 Å². The van der Waals surface area contributed by atoms with E-state index in [1.165, 1.54) is 12.8 Å². The monoisotopic (exact) mass is 114 g/mol. The van der Waals surface area contributed by atoms with Crippen molar-refractivity contribution >= 4 is 0 Å². The van der Waals surface area contributed by atoms with Gasteiger partial charge in [-0.2, -0.15) is 0 Å². The van der Waals surface area contributed by atoms with Gasteiger partial charge in [-0.05, 0) is 12.8 Å². The lowest BCUT2D eigenvalue weighted by Gasteiger charge is -2.34. The van der Waals surface area contributed by atoms with Crippen LogP contribution in [0.3, 0.4) is 0 Å². The van der Waals surface area contributed by atoms with Crippen LogP contribution in [-0.4, -0.2) is 25.4 Å². The first-order chi connectivity index (χ1) is 3.92. The molecule has 0 aromatic rings. The summed E-state index contributed by atoms with van der Waals surface area (Å²) in [5, 5.41) is 0.